The SMILES string of the molecule is C=C(C)/C=C(\C(=C)Cl)C(=O)NCC1(c2ccc(C)nc2)CCOCC1. The molecule has 2 heterocycles. The Bertz CT molecular complexity index is 686. The molecule has 1 aromatic heterocycles. The van der Waals surface area contributed by atoms with Crippen LogP contribution in [0.5, 0.6) is 0 Å². The number of hydrogen-bond donors (Lipinski definition) is 1. The van der Waals surface area contributed by atoms with Crippen LogP contribution < -0.4 is 5.32 Å². The third kappa shape index (κ3) is 5.03. The molecule has 1 aromatic rings. The van der Waals surface area contributed by atoms with Crippen molar-refractivity contribution in [1.29, 1.82) is 0 Å². The quantitative estimate of drug-likeness (QED) is 0.620. The number of nitrogens with zero attached hydrogens (tertiary/aromatic N) is 1. The lowest BCUT2D eigenvalue weighted by Gasteiger charge is -2.37. The van der Waals surface area contributed by atoms with Crippen molar-refractivity contribution in [2.24, 2.45) is 0 Å². The van der Waals surface area contributed by atoms with Gasteiger partial charge >= 0.3 is 0 Å². The lowest BCUT2D eigenvalue weighted by molar-refractivity contribution is -0.117. The van der Waals surface area contributed by atoms with Crippen LogP contribution in [0, 0.1) is 6.92 Å². The van der Waals surface area contributed by atoms with Crippen molar-refractivity contribution in [2.75, 3.05) is 19.8 Å². The van der Waals surface area contributed by atoms with Crippen molar-refractivity contribution >= 4 is 17.5 Å². The number of aryl methyl sites for hydroxylation is 1. The van der Waals surface area contributed by atoms with E-state index in [9.17, 15) is 4.79 Å². The molecule has 0 atom stereocenters. The first-order chi connectivity index (χ1) is 11.8. The molecule has 0 radical (unpaired) electrons. The average molecular weight is 361 g/mol. The minimum Gasteiger partial charge on any atom is -0.381 e. The van der Waals surface area contributed by atoms with Crippen LogP contribution in [0.25, 0.3) is 0 Å². The molecule has 1 amide bonds. The van der Waals surface area contributed by atoms with Gasteiger partial charge in [0.15, 0.2) is 0 Å². The highest BCUT2D eigenvalue weighted by molar-refractivity contribution is 6.35. The van der Waals surface area contributed by atoms with E-state index in [-0.39, 0.29) is 16.4 Å². The molecule has 0 saturated carbocycles. The third-order valence-electron chi connectivity index (χ3n) is 4.49. The van der Waals surface area contributed by atoms with Gasteiger partial charge in [0.25, 0.3) is 5.91 Å². The molecule has 0 spiro atoms. The first-order valence-electron chi connectivity index (χ1n) is 8.35. The second-order valence-corrected chi connectivity index (χ2v) is 7.03. The van der Waals surface area contributed by atoms with E-state index < -0.39 is 0 Å². The minimum atomic E-state index is -0.242. The maximum absolute atomic E-state index is 12.6. The standard InChI is InChI=1S/C20H25ClN2O2/c1-14(2)11-18(16(4)21)19(24)23-13-20(7-9-25-10-8-20)17-6-5-15(3)22-12-17/h5-6,11-12H,1,4,7-10,13H2,2-3H3,(H,23,24)/b18-11+. The van der Waals surface area contributed by atoms with Crippen molar-refractivity contribution in [3.05, 3.63) is 65.0 Å². The molecule has 25 heavy (non-hydrogen) atoms. The van der Waals surface area contributed by atoms with Gasteiger partial charge in [-0.05, 0) is 44.4 Å². The predicted molar refractivity (Wildman–Crippen MR) is 102 cm³/mol. The van der Waals surface area contributed by atoms with E-state index in [0.29, 0.717) is 25.3 Å². The number of carbonyl (C=O) groups is 1. The first-order valence-corrected chi connectivity index (χ1v) is 8.73. The number of nitrogens with one attached hydrogen (secondary N) is 1. The van der Waals surface area contributed by atoms with Crippen LogP contribution in [0.15, 0.2) is 53.7 Å². The largest absolute Gasteiger partial charge is 0.381 e. The maximum Gasteiger partial charge on any atom is 0.252 e. The highest BCUT2D eigenvalue weighted by atomic mass is 35.5. The van der Waals surface area contributed by atoms with Crippen molar-refractivity contribution in [3.8, 4) is 0 Å². The molecule has 2 rings (SSSR count). The second-order valence-electron chi connectivity index (χ2n) is 6.57. The van der Waals surface area contributed by atoms with E-state index in [4.69, 9.17) is 16.3 Å². The van der Waals surface area contributed by atoms with Gasteiger partial charge in [-0.1, -0.05) is 36.4 Å². The van der Waals surface area contributed by atoms with Crippen molar-refractivity contribution in [3.63, 3.8) is 0 Å². The molecule has 1 N–H and O–H groups in total. The Labute approximate surface area is 154 Å². The summed E-state index contributed by atoms with van der Waals surface area (Å²) in [6.07, 6.45) is 5.21. The van der Waals surface area contributed by atoms with Gasteiger partial charge < -0.3 is 10.1 Å². The smallest absolute Gasteiger partial charge is 0.252 e. The van der Waals surface area contributed by atoms with Crippen LogP contribution >= 0.6 is 11.6 Å². The monoisotopic (exact) mass is 360 g/mol. The maximum atomic E-state index is 12.6. The Morgan fingerprint density at radius 2 is 2.08 bits per heavy atom. The molecule has 0 bridgehead atoms. The molecule has 1 saturated heterocycles. The summed E-state index contributed by atoms with van der Waals surface area (Å²) in [4.78, 5) is 17.0. The van der Waals surface area contributed by atoms with Crippen LogP contribution in [-0.4, -0.2) is 30.6 Å². The number of allylic oxidation sites excluding steroid dienone is 2. The number of aromatic nitrogens is 1. The number of hydrogen-bond acceptors (Lipinski definition) is 3. The number of rotatable bonds is 6. The van der Waals surface area contributed by atoms with Crippen LogP contribution in [0.4, 0.5) is 0 Å². The zero-order chi connectivity index (χ0) is 18.4. The summed E-state index contributed by atoms with van der Waals surface area (Å²) in [7, 11) is 0. The van der Waals surface area contributed by atoms with E-state index in [2.05, 4.69) is 29.5 Å². The molecule has 0 aliphatic carbocycles. The molecule has 1 fully saturated rings. The summed E-state index contributed by atoms with van der Waals surface area (Å²) in [5, 5.41) is 3.22. The van der Waals surface area contributed by atoms with Crippen LogP contribution in [0.3, 0.4) is 0 Å². The van der Waals surface area contributed by atoms with E-state index >= 15 is 0 Å². The number of pyridine rings is 1. The third-order valence-corrected chi connectivity index (χ3v) is 4.69. The summed E-state index contributed by atoms with van der Waals surface area (Å²) < 4.78 is 5.52. The van der Waals surface area contributed by atoms with Crippen molar-refractivity contribution < 1.29 is 9.53 Å². The minimum absolute atomic E-state index is 0.184. The topological polar surface area (TPSA) is 51.2 Å². The van der Waals surface area contributed by atoms with Gasteiger partial charge in [-0.3, -0.25) is 9.78 Å². The molecular formula is C20H25ClN2O2. The number of carbonyl (C=O) groups excluding carboxylic acids is 1. The Hall–Kier alpha value is -1.91. The van der Waals surface area contributed by atoms with Crippen LogP contribution in [-0.2, 0) is 14.9 Å². The van der Waals surface area contributed by atoms with Gasteiger partial charge in [0.2, 0.25) is 0 Å². The molecule has 4 nitrogen and oxygen atoms in total. The summed E-state index contributed by atoms with van der Waals surface area (Å²) in [6, 6.07) is 4.09. The summed E-state index contributed by atoms with van der Waals surface area (Å²) >= 11 is 5.98. The van der Waals surface area contributed by atoms with Crippen molar-refractivity contribution in [1.82, 2.24) is 10.3 Å². The lowest BCUT2D eigenvalue weighted by atomic mass is 9.74. The summed E-state index contributed by atoms with van der Waals surface area (Å²) in [6.45, 7) is 13.1. The predicted octanol–water partition coefficient (Wildman–Crippen LogP) is 3.81. The molecule has 1 aliphatic heterocycles. The second kappa shape index (κ2) is 8.45. The fourth-order valence-electron chi connectivity index (χ4n) is 2.97. The summed E-state index contributed by atoms with van der Waals surface area (Å²) in [5.41, 5.74) is 3.00. The highest BCUT2D eigenvalue weighted by Crippen LogP contribution is 2.34. The number of amides is 1. The Morgan fingerprint density at radius 1 is 1.40 bits per heavy atom. The Balaban J connectivity index is 2.20. The molecule has 1 aliphatic rings. The highest BCUT2D eigenvalue weighted by Gasteiger charge is 2.35. The van der Waals surface area contributed by atoms with Crippen molar-refractivity contribution in [2.45, 2.75) is 32.1 Å². The lowest BCUT2D eigenvalue weighted by Crippen LogP contribution is -2.45. The number of ether oxygens (including phenoxy) is 1. The average Bonchev–Trinajstić information content (AvgIpc) is 2.58. The number of halogens is 1. The Morgan fingerprint density at radius 3 is 2.60 bits per heavy atom. The van der Waals surface area contributed by atoms with E-state index in [1.165, 1.54) is 0 Å². The summed E-state index contributed by atoms with van der Waals surface area (Å²) in [5.74, 6) is -0.242. The normalized spacial score (nSPS) is 17.0. The van der Waals surface area contributed by atoms with Gasteiger partial charge in [-0.15, -0.1) is 0 Å². The van der Waals surface area contributed by atoms with E-state index in [1.54, 1.807) is 6.08 Å². The van der Waals surface area contributed by atoms with Gasteiger partial charge in [0.05, 0.1) is 5.57 Å². The van der Waals surface area contributed by atoms with E-state index in [1.807, 2.05) is 26.1 Å². The van der Waals surface area contributed by atoms with Gasteiger partial charge in [-0.2, -0.15) is 0 Å². The molecule has 5 heteroatoms. The van der Waals surface area contributed by atoms with Gasteiger partial charge in [-0.25, -0.2) is 0 Å². The molecular weight excluding hydrogens is 336 g/mol. The van der Waals surface area contributed by atoms with Gasteiger partial charge in [0, 0.05) is 42.1 Å². The zero-order valence-corrected chi connectivity index (χ0v) is 15.7. The van der Waals surface area contributed by atoms with Gasteiger partial charge in [0.1, 0.15) is 0 Å². The van der Waals surface area contributed by atoms with Crippen LogP contribution in [0.2, 0.25) is 0 Å². The van der Waals surface area contributed by atoms with E-state index in [0.717, 1.165) is 29.7 Å². The molecule has 0 aromatic carbocycles. The fourth-order valence-corrected chi connectivity index (χ4v) is 3.11. The molecule has 0 unspecified atom stereocenters. The Kier molecular flexibility index (Phi) is 6.57. The zero-order valence-electron chi connectivity index (χ0n) is 14.9. The molecule has 134 valence electrons. The first kappa shape index (κ1) is 19.4. The fraction of sp³-hybridized carbons (Fsp3) is 0.400. The van der Waals surface area contributed by atoms with Crippen LogP contribution in [0.1, 0.15) is 31.0 Å².